The molecule has 0 saturated carbocycles. The van der Waals surface area contributed by atoms with Crippen LogP contribution >= 0.6 is 0 Å². The lowest BCUT2D eigenvalue weighted by molar-refractivity contribution is 0.0505. The third kappa shape index (κ3) is 4.44. The summed E-state index contributed by atoms with van der Waals surface area (Å²) in [6.07, 6.45) is 0.749. The number of para-hydroxylation sites is 1. The third-order valence-electron chi connectivity index (χ3n) is 3.51. The average molecular weight is 326 g/mol. The Balaban J connectivity index is 2.18. The van der Waals surface area contributed by atoms with Crippen LogP contribution in [0, 0.1) is 0 Å². The number of carbonyl (C=O) groups is 2. The lowest BCUT2D eigenvalue weighted by Crippen LogP contribution is -2.12. The van der Waals surface area contributed by atoms with E-state index in [1.54, 1.807) is 24.3 Å². The molecule has 0 heterocycles. The molecule has 2 aromatic rings. The Kier molecular flexibility index (Phi) is 6.13. The fourth-order valence-electron chi connectivity index (χ4n) is 2.26. The van der Waals surface area contributed by atoms with Crippen molar-refractivity contribution >= 4 is 11.9 Å². The smallest absolute Gasteiger partial charge is 0.343 e. The second kappa shape index (κ2) is 8.29. The Bertz CT molecular complexity index is 719. The van der Waals surface area contributed by atoms with Crippen LogP contribution in [0.15, 0.2) is 48.5 Å². The minimum absolute atomic E-state index is 0.240. The first-order valence-corrected chi connectivity index (χ1v) is 8.11. The summed E-state index contributed by atoms with van der Waals surface area (Å²) in [5.74, 6) is -0.150. The van der Waals surface area contributed by atoms with E-state index in [-0.39, 0.29) is 5.92 Å². The van der Waals surface area contributed by atoms with Crippen molar-refractivity contribution in [2.75, 3.05) is 6.61 Å². The molecular weight excluding hydrogens is 304 g/mol. The number of carbonyl (C=O) groups excluding carboxylic acids is 2. The van der Waals surface area contributed by atoms with E-state index in [0.29, 0.717) is 23.5 Å². The number of rotatable bonds is 6. The minimum Gasteiger partial charge on any atom is -0.462 e. The van der Waals surface area contributed by atoms with Crippen LogP contribution in [0.3, 0.4) is 0 Å². The van der Waals surface area contributed by atoms with Crippen LogP contribution in [0.4, 0.5) is 0 Å². The summed E-state index contributed by atoms with van der Waals surface area (Å²) in [7, 11) is 0. The maximum Gasteiger partial charge on any atom is 0.343 e. The van der Waals surface area contributed by atoms with Gasteiger partial charge in [0, 0.05) is 0 Å². The molecule has 0 bridgehead atoms. The summed E-state index contributed by atoms with van der Waals surface area (Å²) in [6.45, 7) is 6.36. The van der Waals surface area contributed by atoms with Crippen LogP contribution in [-0.2, 0) is 4.74 Å². The highest BCUT2D eigenvalue weighted by atomic mass is 16.5. The number of benzene rings is 2. The van der Waals surface area contributed by atoms with E-state index in [9.17, 15) is 9.59 Å². The molecule has 0 unspecified atom stereocenters. The fourth-order valence-corrected chi connectivity index (χ4v) is 2.26. The average Bonchev–Trinajstić information content (AvgIpc) is 2.60. The van der Waals surface area contributed by atoms with Crippen LogP contribution in [0.5, 0.6) is 5.75 Å². The van der Waals surface area contributed by atoms with Gasteiger partial charge in [-0.05, 0) is 42.2 Å². The van der Waals surface area contributed by atoms with E-state index >= 15 is 0 Å². The van der Waals surface area contributed by atoms with Crippen molar-refractivity contribution in [2.24, 2.45) is 0 Å². The molecular formula is C20H22O4. The van der Waals surface area contributed by atoms with Crippen molar-refractivity contribution in [1.82, 2.24) is 0 Å². The summed E-state index contributed by atoms with van der Waals surface area (Å²) in [5, 5.41) is 0. The summed E-state index contributed by atoms with van der Waals surface area (Å²) in [6, 6.07) is 13.8. The van der Waals surface area contributed by atoms with E-state index in [4.69, 9.17) is 9.47 Å². The lowest BCUT2D eigenvalue weighted by Gasteiger charge is -2.12. The third-order valence-corrected chi connectivity index (χ3v) is 3.51. The number of hydrogen-bond acceptors (Lipinski definition) is 4. The Hall–Kier alpha value is -2.62. The highest BCUT2D eigenvalue weighted by molar-refractivity contribution is 5.96. The van der Waals surface area contributed by atoms with Gasteiger partial charge in [-0.25, -0.2) is 9.59 Å². The van der Waals surface area contributed by atoms with Crippen molar-refractivity contribution in [3.63, 3.8) is 0 Å². The molecule has 126 valence electrons. The Morgan fingerprint density at radius 2 is 1.62 bits per heavy atom. The zero-order valence-electron chi connectivity index (χ0n) is 14.2. The molecule has 0 aliphatic rings. The molecule has 2 aromatic carbocycles. The van der Waals surface area contributed by atoms with Crippen LogP contribution in [0.1, 0.15) is 59.4 Å². The van der Waals surface area contributed by atoms with Gasteiger partial charge in [0.15, 0.2) is 0 Å². The normalized spacial score (nSPS) is 10.5. The molecule has 0 N–H and O–H groups in total. The maximum atomic E-state index is 12.4. The van der Waals surface area contributed by atoms with Crippen molar-refractivity contribution in [1.29, 1.82) is 0 Å². The highest BCUT2D eigenvalue weighted by Gasteiger charge is 2.15. The molecule has 0 aliphatic carbocycles. The second-order valence-corrected chi connectivity index (χ2v) is 5.80. The molecule has 0 amide bonds. The Morgan fingerprint density at radius 3 is 2.29 bits per heavy atom. The van der Waals surface area contributed by atoms with Gasteiger partial charge in [0.25, 0.3) is 0 Å². The Morgan fingerprint density at radius 1 is 0.958 bits per heavy atom. The van der Waals surface area contributed by atoms with E-state index in [0.717, 1.165) is 12.0 Å². The van der Waals surface area contributed by atoms with E-state index in [1.807, 2.05) is 39.0 Å². The molecule has 0 spiro atoms. The zero-order valence-corrected chi connectivity index (χ0v) is 14.2. The van der Waals surface area contributed by atoms with Crippen molar-refractivity contribution in [2.45, 2.75) is 33.1 Å². The fraction of sp³-hybridized carbons (Fsp3) is 0.300. The topological polar surface area (TPSA) is 52.6 Å². The van der Waals surface area contributed by atoms with E-state index in [2.05, 4.69) is 0 Å². The van der Waals surface area contributed by atoms with Gasteiger partial charge < -0.3 is 9.47 Å². The predicted molar refractivity (Wildman–Crippen MR) is 92.5 cm³/mol. The zero-order chi connectivity index (χ0) is 17.5. The van der Waals surface area contributed by atoms with Gasteiger partial charge >= 0.3 is 11.9 Å². The molecule has 24 heavy (non-hydrogen) atoms. The predicted octanol–water partition coefficient (Wildman–Crippen LogP) is 4.60. The van der Waals surface area contributed by atoms with Gasteiger partial charge in [-0.3, -0.25) is 0 Å². The molecule has 0 radical (unpaired) electrons. The van der Waals surface area contributed by atoms with Crippen LogP contribution in [-0.4, -0.2) is 18.5 Å². The van der Waals surface area contributed by atoms with Crippen LogP contribution in [0.25, 0.3) is 0 Å². The SMILES string of the molecule is CCCOC(=O)c1cccc(C(=O)Oc2ccccc2C(C)C)c1. The molecule has 0 aliphatic heterocycles. The van der Waals surface area contributed by atoms with E-state index in [1.165, 1.54) is 6.07 Å². The van der Waals surface area contributed by atoms with Gasteiger partial charge in [-0.2, -0.15) is 0 Å². The van der Waals surface area contributed by atoms with Crippen molar-refractivity contribution in [3.05, 3.63) is 65.2 Å². The highest BCUT2D eigenvalue weighted by Crippen LogP contribution is 2.26. The first kappa shape index (κ1) is 17.7. The largest absolute Gasteiger partial charge is 0.462 e. The minimum atomic E-state index is -0.492. The molecule has 0 atom stereocenters. The Labute approximate surface area is 142 Å². The second-order valence-electron chi connectivity index (χ2n) is 5.80. The van der Waals surface area contributed by atoms with Gasteiger partial charge in [-0.15, -0.1) is 0 Å². The van der Waals surface area contributed by atoms with Gasteiger partial charge in [-0.1, -0.05) is 45.0 Å². The quantitative estimate of drug-likeness (QED) is 0.575. The molecule has 4 heteroatoms. The summed E-state index contributed by atoms with van der Waals surface area (Å²) in [4.78, 5) is 24.3. The molecule has 2 rings (SSSR count). The number of esters is 2. The lowest BCUT2D eigenvalue weighted by atomic mass is 10.0. The van der Waals surface area contributed by atoms with Crippen molar-refractivity contribution in [3.8, 4) is 5.75 Å². The number of ether oxygens (including phenoxy) is 2. The van der Waals surface area contributed by atoms with Gasteiger partial charge in [0.05, 0.1) is 17.7 Å². The summed E-state index contributed by atoms with van der Waals surface area (Å²) < 4.78 is 10.6. The molecule has 0 aromatic heterocycles. The molecule has 0 saturated heterocycles. The van der Waals surface area contributed by atoms with Gasteiger partial charge in [0.1, 0.15) is 5.75 Å². The number of hydrogen-bond donors (Lipinski definition) is 0. The maximum absolute atomic E-state index is 12.4. The van der Waals surface area contributed by atoms with Crippen LogP contribution < -0.4 is 4.74 Å². The molecule has 4 nitrogen and oxygen atoms in total. The monoisotopic (exact) mass is 326 g/mol. The van der Waals surface area contributed by atoms with Gasteiger partial charge in [0.2, 0.25) is 0 Å². The summed E-state index contributed by atoms with van der Waals surface area (Å²) in [5.41, 5.74) is 1.62. The first-order valence-electron chi connectivity index (χ1n) is 8.11. The van der Waals surface area contributed by atoms with Crippen LogP contribution in [0.2, 0.25) is 0 Å². The summed E-state index contributed by atoms with van der Waals surface area (Å²) >= 11 is 0. The first-order chi connectivity index (χ1) is 11.5. The van der Waals surface area contributed by atoms with Crippen molar-refractivity contribution < 1.29 is 19.1 Å². The standard InChI is InChI=1S/C20H22O4/c1-4-12-23-19(21)15-8-7-9-16(13-15)20(22)24-18-11-6-5-10-17(18)14(2)3/h5-11,13-14H,4,12H2,1-3H3. The molecule has 0 fully saturated rings. The van der Waals surface area contributed by atoms with E-state index < -0.39 is 11.9 Å².